The van der Waals surface area contributed by atoms with Gasteiger partial charge in [0, 0.05) is 44.0 Å². The largest absolute Gasteiger partial charge is 0.396 e. The first-order valence-electron chi connectivity index (χ1n) is 8.00. The van der Waals surface area contributed by atoms with E-state index in [1.165, 1.54) is 12.1 Å². The number of amides is 1. The number of aliphatic hydroxyl groups excluding tert-OH is 1. The molecule has 6 nitrogen and oxygen atoms in total. The first-order valence-corrected chi connectivity index (χ1v) is 9.90. The van der Waals surface area contributed by atoms with Gasteiger partial charge < -0.3 is 14.7 Å². The molecule has 0 radical (unpaired) electrons. The molecule has 1 aliphatic heterocycles. The van der Waals surface area contributed by atoms with E-state index in [0.29, 0.717) is 31.7 Å². The quantitative estimate of drug-likeness (QED) is 0.832. The molecule has 7 heteroatoms. The molecular weight excluding hydrogens is 330 g/mol. The molecular formula is C17H25NO5S. The molecule has 1 saturated heterocycles. The highest BCUT2D eigenvalue weighted by atomic mass is 32.2. The van der Waals surface area contributed by atoms with Gasteiger partial charge in [-0.2, -0.15) is 0 Å². The molecule has 1 amide bonds. The van der Waals surface area contributed by atoms with Gasteiger partial charge in [-0.05, 0) is 43.5 Å². The fraction of sp³-hybridized carbons (Fsp3) is 0.588. The van der Waals surface area contributed by atoms with E-state index in [4.69, 9.17) is 4.74 Å². The highest BCUT2D eigenvalue weighted by Crippen LogP contribution is 2.33. The van der Waals surface area contributed by atoms with Crippen molar-refractivity contribution in [1.29, 1.82) is 0 Å². The zero-order chi connectivity index (χ0) is 17.8. The van der Waals surface area contributed by atoms with Gasteiger partial charge >= 0.3 is 0 Å². The topological polar surface area (TPSA) is 83.9 Å². The minimum atomic E-state index is -3.27. The molecule has 24 heavy (non-hydrogen) atoms. The number of aliphatic hydroxyl groups is 1. The van der Waals surface area contributed by atoms with Crippen LogP contribution in [0.1, 0.15) is 29.6 Å². The molecule has 1 aromatic rings. The summed E-state index contributed by atoms with van der Waals surface area (Å²) in [6.07, 6.45) is 3.54. The summed E-state index contributed by atoms with van der Waals surface area (Å²) in [5, 5.41) is 9.80. The van der Waals surface area contributed by atoms with E-state index >= 15 is 0 Å². The van der Waals surface area contributed by atoms with Crippen molar-refractivity contribution in [2.75, 3.05) is 39.7 Å². The summed E-state index contributed by atoms with van der Waals surface area (Å²) in [6.45, 7) is 1.69. The predicted octanol–water partition coefficient (Wildman–Crippen LogP) is 1.34. The second kappa shape index (κ2) is 7.63. The van der Waals surface area contributed by atoms with Crippen LogP contribution in [0, 0.1) is 5.41 Å². The van der Waals surface area contributed by atoms with Crippen molar-refractivity contribution in [3.8, 4) is 0 Å². The Morgan fingerprint density at radius 3 is 2.54 bits per heavy atom. The van der Waals surface area contributed by atoms with Gasteiger partial charge in [-0.25, -0.2) is 8.42 Å². The molecule has 0 aromatic heterocycles. The molecule has 1 heterocycles. The Balaban J connectivity index is 2.14. The lowest BCUT2D eigenvalue weighted by Crippen LogP contribution is -2.48. The summed E-state index contributed by atoms with van der Waals surface area (Å²) in [6, 6.07) is 6.00. The van der Waals surface area contributed by atoms with Crippen molar-refractivity contribution < 1.29 is 23.1 Å². The van der Waals surface area contributed by atoms with Crippen LogP contribution >= 0.6 is 0 Å². The maximum absolute atomic E-state index is 12.7. The van der Waals surface area contributed by atoms with Gasteiger partial charge in [0.25, 0.3) is 5.91 Å². The zero-order valence-corrected chi connectivity index (χ0v) is 15.0. The van der Waals surface area contributed by atoms with Crippen LogP contribution in [0.2, 0.25) is 0 Å². The van der Waals surface area contributed by atoms with Crippen molar-refractivity contribution in [2.45, 2.75) is 24.2 Å². The third-order valence-electron chi connectivity index (χ3n) is 4.65. The SMILES string of the molecule is COCCC1(CO)CCCN(C(=O)c2ccc(S(C)(=O)=O)cc2)C1. The predicted molar refractivity (Wildman–Crippen MR) is 90.7 cm³/mol. The summed E-state index contributed by atoms with van der Waals surface area (Å²) in [4.78, 5) is 14.6. The number of ether oxygens (including phenoxy) is 1. The molecule has 0 aliphatic carbocycles. The third kappa shape index (κ3) is 4.34. The summed E-state index contributed by atoms with van der Waals surface area (Å²) in [7, 11) is -1.65. The number of sulfone groups is 1. The average Bonchev–Trinajstić information content (AvgIpc) is 2.59. The highest BCUT2D eigenvalue weighted by molar-refractivity contribution is 7.90. The van der Waals surface area contributed by atoms with Gasteiger partial charge in [-0.1, -0.05) is 0 Å². The van der Waals surface area contributed by atoms with Crippen LogP contribution < -0.4 is 0 Å². The fourth-order valence-corrected chi connectivity index (χ4v) is 3.77. The standard InChI is InChI=1S/C17H25NO5S/c1-23-11-9-17(13-19)8-3-10-18(12-17)16(20)14-4-6-15(7-5-14)24(2,21)22/h4-7,19H,3,8-13H2,1-2H3. The maximum atomic E-state index is 12.7. The van der Waals surface area contributed by atoms with E-state index in [-0.39, 0.29) is 22.8 Å². The summed E-state index contributed by atoms with van der Waals surface area (Å²) >= 11 is 0. The van der Waals surface area contributed by atoms with Crippen molar-refractivity contribution in [1.82, 2.24) is 4.90 Å². The van der Waals surface area contributed by atoms with E-state index < -0.39 is 9.84 Å². The minimum absolute atomic E-state index is 0.0210. The smallest absolute Gasteiger partial charge is 0.253 e. The van der Waals surface area contributed by atoms with Crippen LogP contribution in [0.5, 0.6) is 0 Å². The number of benzene rings is 1. The third-order valence-corrected chi connectivity index (χ3v) is 5.78. The lowest BCUT2D eigenvalue weighted by molar-refractivity contribution is 0.00898. The molecule has 134 valence electrons. The van der Waals surface area contributed by atoms with Crippen LogP contribution in [0.15, 0.2) is 29.2 Å². The van der Waals surface area contributed by atoms with E-state index in [1.807, 2.05) is 0 Å². The van der Waals surface area contributed by atoms with Crippen LogP contribution in [-0.2, 0) is 14.6 Å². The number of carbonyl (C=O) groups is 1. The Bertz CT molecular complexity index is 671. The lowest BCUT2D eigenvalue weighted by atomic mass is 9.78. The monoisotopic (exact) mass is 355 g/mol. The minimum Gasteiger partial charge on any atom is -0.396 e. The lowest BCUT2D eigenvalue weighted by Gasteiger charge is -2.41. The molecule has 1 atom stereocenters. The van der Waals surface area contributed by atoms with Gasteiger partial charge in [-0.15, -0.1) is 0 Å². The Morgan fingerprint density at radius 2 is 2.00 bits per heavy atom. The second-order valence-corrected chi connectivity index (χ2v) is 8.54. The molecule has 0 bridgehead atoms. The number of rotatable bonds is 6. The Labute approximate surface area is 143 Å². The second-order valence-electron chi connectivity index (χ2n) is 6.53. The first kappa shape index (κ1) is 18.9. The molecule has 1 N–H and O–H groups in total. The molecule has 1 fully saturated rings. The summed E-state index contributed by atoms with van der Waals surface area (Å²) < 4.78 is 28.1. The number of carbonyl (C=O) groups excluding carboxylic acids is 1. The molecule has 1 aliphatic rings. The van der Waals surface area contributed by atoms with E-state index in [9.17, 15) is 18.3 Å². The highest BCUT2D eigenvalue weighted by Gasteiger charge is 2.36. The number of nitrogens with zero attached hydrogens (tertiary/aromatic N) is 1. The maximum Gasteiger partial charge on any atom is 0.253 e. The summed E-state index contributed by atoms with van der Waals surface area (Å²) in [5.41, 5.74) is 0.138. The molecule has 0 saturated carbocycles. The van der Waals surface area contributed by atoms with Crippen molar-refractivity contribution >= 4 is 15.7 Å². The van der Waals surface area contributed by atoms with Crippen LogP contribution in [0.3, 0.4) is 0 Å². The van der Waals surface area contributed by atoms with Crippen molar-refractivity contribution in [3.63, 3.8) is 0 Å². The first-order chi connectivity index (χ1) is 11.3. The molecule has 2 rings (SSSR count). The van der Waals surface area contributed by atoms with Gasteiger partial charge in [0.15, 0.2) is 9.84 Å². The van der Waals surface area contributed by atoms with Crippen LogP contribution in [0.25, 0.3) is 0 Å². The van der Waals surface area contributed by atoms with E-state index in [0.717, 1.165) is 19.1 Å². The Morgan fingerprint density at radius 1 is 1.33 bits per heavy atom. The Hall–Kier alpha value is -1.44. The molecule has 1 unspecified atom stereocenters. The van der Waals surface area contributed by atoms with Crippen LogP contribution in [0.4, 0.5) is 0 Å². The molecule has 1 aromatic carbocycles. The van der Waals surface area contributed by atoms with E-state index in [1.54, 1.807) is 24.1 Å². The number of hydrogen-bond donors (Lipinski definition) is 1. The summed E-state index contributed by atoms with van der Waals surface area (Å²) in [5.74, 6) is -0.134. The van der Waals surface area contributed by atoms with Gasteiger partial charge in [-0.3, -0.25) is 4.79 Å². The van der Waals surface area contributed by atoms with Gasteiger partial charge in [0.2, 0.25) is 0 Å². The number of hydrogen-bond acceptors (Lipinski definition) is 5. The van der Waals surface area contributed by atoms with Gasteiger partial charge in [0.05, 0.1) is 11.5 Å². The van der Waals surface area contributed by atoms with Crippen molar-refractivity contribution in [2.24, 2.45) is 5.41 Å². The number of piperidine rings is 1. The normalized spacial score (nSPS) is 21.7. The van der Waals surface area contributed by atoms with Crippen LogP contribution in [-0.4, -0.2) is 64.0 Å². The zero-order valence-electron chi connectivity index (χ0n) is 14.2. The van der Waals surface area contributed by atoms with E-state index in [2.05, 4.69) is 0 Å². The Kier molecular flexibility index (Phi) is 6.01. The van der Waals surface area contributed by atoms with Gasteiger partial charge in [0.1, 0.15) is 0 Å². The average molecular weight is 355 g/mol. The molecule has 0 spiro atoms. The number of methoxy groups -OCH3 is 1. The van der Waals surface area contributed by atoms with Crippen molar-refractivity contribution in [3.05, 3.63) is 29.8 Å². The fourth-order valence-electron chi connectivity index (χ4n) is 3.14. The number of likely N-dealkylation sites (tertiary alicyclic amines) is 1.